The molecule has 4 atom stereocenters. The predicted octanol–water partition coefficient (Wildman–Crippen LogP) is 2.83. The van der Waals surface area contributed by atoms with Crippen LogP contribution in [0.25, 0.3) is 0 Å². The normalized spacial score (nSPS) is 37.5. The van der Waals surface area contributed by atoms with E-state index in [1.165, 1.54) is 38.6 Å². The van der Waals surface area contributed by atoms with Crippen molar-refractivity contribution in [2.24, 2.45) is 17.8 Å². The minimum absolute atomic E-state index is 0.636. The second-order valence-corrected chi connectivity index (χ2v) is 5.84. The zero-order chi connectivity index (χ0) is 11.4. The highest BCUT2D eigenvalue weighted by atomic mass is 16.5. The smallest absolute Gasteiger partial charge is 0.0509 e. The van der Waals surface area contributed by atoms with Crippen LogP contribution >= 0.6 is 0 Å². The highest BCUT2D eigenvalue weighted by molar-refractivity contribution is 4.79. The number of nitrogens with one attached hydrogen (secondary N) is 1. The summed E-state index contributed by atoms with van der Waals surface area (Å²) < 4.78 is 5.45. The second kappa shape index (κ2) is 6.02. The third kappa shape index (κ3) is 3.21. The molecule has 0 spiro atoms. The van der Waals surface area contributed by atoms with Gasteiger partial charge in [0, 0.05) is 12.6 Å². The molecule has 2 nitrogen and oxygen atoms in total. The molecule has 4 unspecified atom stereocenters. The van der Waals surface area contributed by atoms with Crippen LogP contribution in [0.3, 0.4) is 0 Å². The quantitative estimate of drug-likeness (QED) is 0.794. The van der Waals surface area contributed by atoms with Crippen LogP contribution in [0.4, 0.5) is 0 Å². The van der Waals surface area contributed by atoms with Gasteiger partial charge in [0.05, 0.1) is 6.61 Å². The van der Waals surface area contributed by atoms with Gasteiger partial charge < -0.3 is 10.1 Å². The molecule has 1 aliphatic heterocycles. The van der Waals surface area contributed by atoms with Gasteiger partial charge in [0.15, 0.2) is 0 Å². The van der Waals surface area contributed by atoms with E-state index in [4.69, 9.17) is 4.74 Å². The van der Waals surface area contributed by atoms with Crippen molar-refractivity contribution in [2.75, 3.05) is 19.8 Å². The average Bonchev–Trinajstić information content (AvgIpc) is 2.81. The number of hydrogen-bond acceptors (Lipinski definition) is 2. The molecule has 2 fully saturated rings. The van der Waals surface area contributed by atoms with Gasteiger partial charge in [-0.15, -0.1) is 0 Å². The molecule has 1 saturated heterocycles. The lowest BCUT2D eigenvalue weighted by Crippen LogP contribution is -2.39. The Bertz CT molecular complexity index is 201. The van der Waals surface area contributed by atoms with E-state index in [-0.39, 0.29) is 0 Å². The summed E-state index contributed by atoms with van der Waals surface area (Å²) in [7, 11) is 0. The lowest BCUT2D eigenvalue weighted by molar-refractivity contribution is 0.174. The van der Waals surface area contributed by atoms with Crippen molar-refractivity contribution in [1.82, 2.24) is 5.32 Å². The van der Waals surface area contributed by atoms with Crippen molar-refractivity contribution >= 4 is 0 Å². The van der Waals surface area contributed by atoms with Crippen LogP contribution in [0.1, 0.15) is 46.0 Å². The Morgan fingerprint density at radius 2 is 2.06 bits per heavy atom. The van der Waals surface area contributed by atoms with E-state index in [2.05, 4.69) is 19.2 Å². The van der Waals surface area contributed by atoms with Gasteiger partial charge in [-0.25, -0.2) is 0 Å². The van der Waals surface area contributed by atoms with Crippen LogP contribution in [0.15, 0.2) is 0 Å². The van der Waals surface area contributed by atoms with Gasteiger partial charge in [0.1, 0.15) is 0 Å². The van der Waals surface area contributed by atoms with Crippen molar-refractivity contribution in [3.63, 3.8) is 0 Å². The summed E-state index contributed by atoms with van der Waals surface area (Å²) in [6, 6.07) is 0.636. The third-order valence-corrected chi connectivity index (χ3v) is 4.66. The van der Waals surface area contributed by atoms with Crippen LogP contribution in [-0.4, -0.2) is 25.8 Å². The summed E-state index contributed by atoms with van der Waals surface area (Å²) >= 11 is 0. The SMILES string of the molecule is CC1CCCCC1CNC(C)C1CCOC1. The minimum Gasteiger partial charge on any atom is -0.381 e. The first-order chi connectivity index (χ1) is 7.77. The number of ether oxygens (including phenoxy) is 1. The minimum atomic E-state index is 0.636. The van der Waals surface area contributed by atoms with Gasteiger partial charge >= 0.3 is 0 Å². The fourth-order valence-corrected chi connectivity index (χ4v) is 3.15. The molecule has 1 heterocycles. The Labute approximate surface area is 100 Å². The van der Waals surface area contributed by atoms with Crippen LogP contribution in [0.5, 0.6) is 0 Å². The molecule has 2 aliphatic rings. The van der Waals surface area contributed by atoms with Crippen molar-refractivity contribution in [1.29, 1.82) is 0 Å². The fourth-order valence-electron chi connectivity index (χ4n) is 3.15. The molecule has 1 N–H and O–H groups in total. The average molecular weight is 225 g/mol. The van der Waals surface area contributed by atoms with E-state index in [1.807, 2.05) is 0 Å². The van der Waals surface area contributed by atoms with Crippen molar-refractivity contribution in [2.45, 2.75) is 52.0 Å². The summed E-state index contributed by atoms with van der Waals surface area (Å²) in [4.78, 5) is 0. The Morgan fingerprint density at radius 1 is 1.25 bits per heavy atom. The highest BCUT2D eigenvalue weighted by Crippen LogP contribution is 2.29. The highest BCUT2D eigenvalue weighted by Gasteiger charge is 2.25. The Hall–Kier alpha value is -0.0800. The van der Waals surface area contributed by atoms with Crippen molar-refractivity contribution in [3.05, 3.63) is 0 Å². The van der Waals surface area contributed by atoms with Crippen molar-refractivity contribution in [3.8, 4) is 0 Å². The first-order valence-corrected chi connectivity index (χ1v) is 7.08. The summed E-state index contributed by atoms with van der Waals surface area (Å²) in [5.41, 5.74) is 0. The largest absolute Gasteiger partial charge is 0.381 e. The molecule has 0 aromatic carbocycles. The van der Waals surface area contributed by atoms with Gasteiger partial charge in [0.25, 0.3) is 0 Å². The molecular formula is C14H27NO. The summed E-state index contributed by atoms with van der Waals surface area (Å²) in [5.74, 6) is 2.59. The maximum absolute atomic E-state index is 5.45. The molecule has 1 saturated carbocycles. The first kappa shape index (κ1) is 12.4. The van der Waals surface area contributed by atoms with E-state index in [0.717, 1.165) is 31.0 Å². The van der Waals surface area contributed by atoms with E-state index in [9.17, 15) is 0 Å². The van der Waals surface area contributed by atoms with E-state index in [1.54, 1.807) is 0 Å². The topological polar surface area (TPSA) is 21.3 Å². The number of rotatable bonds is 4. The molecule has 1 aliphatic carbocycles. The molecule has 0 bridgehead atoms. The third-order valence-electron chi connectivity index (χ3n) is 4.66. The molecular weight excluding hydrogens is 198 g/mol. The molecule has 0 aromatic heterocycles. The molecule has 0 radical (unpaired) electrons. The number of hydrogen-bond donors (Lipinski definition) is 1. The van der Waals surface area contributed by atoms with Crippen LogP contribution < -0.4 is 5.32 Å². The Balaban J connectivity index is 1.69. The summed E-state index contributed by atoms with van der Waals surface area (Å²) in [6.45, 7) is 7.91. The zero-order valence-electron chi connectivity index (χ0n) is 10.9. The molecule has 0 amide bonds. The van der Waals surface area contributed by atoms with Gasteiger partial charge in [-0.05, 0) is 44.1 Å². The van der Waals surface area contributed by atoms with Gasteiger partial charge in [0.2, 0.25) is 0 Å². The molecule has 0 aromatic rings. The monoisotopic (exact) mass is 225 g/mol. The van der Waals surface area contributed by atoms with Gasteiger partial charge in [-0.1, -0.05) is 26.2 Å². The van der Waals surface area contributed by atoms with Gasteiger partial charge in [-0.2, -0.15) is 0 Å². The predicted molar refractivity (Wildman–Crippen MR) is 67.5 cm³/mol. The van der Waals surface area contributed by atoms with Crippen LogP contribution in [0.2, 0.25) is 0 Å². The van der Waals surface area contributed by atoms with E-state index < -0.39 is 0 Å². The maximum Gasteiger partial charge on any atom is 0.0509 e. The lowest BCUT2D eigenvalue weighted by atomic mass is 9.80. The van der Waals surface area contributed by atoms with E-state index in [0.29, 0.717) is 6.04 Å². The molecule has 2 heteroatoms. The summed E-state index contributed by atoms with van der Waals surface area (Å²) in [5, 5.41) is 3.74. The van der Waals surface area contributed by atoms with E-state index >= 15 is 0 Å². The molecule has 2 rings (SSSR count). The maximum atomic E-state index is 5.45. The van der Waals surface area contributed by atoms with Crippen molar-refractivity contribution < 1.29 is 4.74 Å². The Morgan fingerprint density at radius 3 is 2.75 bits per heavy atom. The standard InChI is InChI=1S/C14H27NO/c1-11-5-3-4-6-13(11)9-15-12(2)14-7-8-16-10-14/h11-15H,3-10H2,1-2H3. The molecule has 16 heavy (non-hydrogen) atoms. The van der Waals surface area contributed by atoms with Crippen LogP contribution in [0, 0.1) is 17.8 Å². The summed E-state index contributed by atoms with van der Waals surface area (Å²) in [6.07, 6.45) is 7.00. The molecule has 94 valence electrons. The first-order valence-electron chi connectivity index (χ1n) is 7.08. The fraction of sp³-hybridized carbons (Fsp3) is 1.00. The van der Waals surface area contributed by atoms with Gasteiger partial charge in [-0.3, -0.25) is 0 Å². The lowest BCUT2D eigenvalue weighted by Gasteiger charge is -2.31. The Kier molecular flexibility index (Phi) is 4.66. The van der Waals surface area contributed by atoms with Crippen LogP contribution in [-0.2, 0) is 4.74 Å². The second-order valence-electron chi connectivity index (χ2n) is 5.84. The zero-order valence-corrected chi connectivity index (χ0v) is 10.9.